The average Bonchev–Trinajstić information content (AvgIpc) is 3.26. The summed E-state index contributed by atoms with van der Waals surface area (Å²) in [6.07, 6.45) is 4.18. The van der Waals surface area contributed by atoms with E-state index in [1.54, 1.807) is 11.2 Å². The van der Waals surface area contributed by atoms with Crippen LogP contribution in [0.5, 0.6) is 0 Å². The second kappa shape index (κ2) is 6.51. The summed E-state index contributed by atoms with van der Waals surface area (Å²) < 4.78 is 0. The van der Waals surface area contributed by atoms with Crippen LogP contribution in [0.3, 0.4) is 0 Å². The van der Waals surface area contributed by atoms with Gasteiger partial charge >= 0.3 is 0 Å². The van der Waals surface area contributed by atoms with Crippen LogP contribution in [0.4, 0.5) is 5.82 Å². The number of H-pyrrole nitrogens is 1. The van der Waals surface area contributed by atoms with E-state index in [-0.39, 0.29) is 12.5 Å². The van der Waals surface area contributed by atoms with Crippen LogP contribution in [0, 0.1) is 5.92 Å². The Labute approximate surface area is 145 Å². The van der Waals surface area contributed by atoms with E-state index in [4.69, 9.17) is 0 Å². The third kappa shape index (κ3) is 3.31. The zero-order valence-electron chi connectivity index (χ0n) is 14.0. The predicted molar refractivity (Wildman–Crippen MR) is 95.3 cm³/mol. The molecular formula is C18H20N6O. The molecule has 0 radical (unpaired) electrons. The molecule has 25 heavy (non-hydrogen) atoms. The number of aromatic nitrogens is 4. The van der Waals surface area contributed by atoms with Crippen LogP contribution in [-0.4, -0.2) is 46.0 Å². The summed E-state index contributed by atoms with van der Waals surface area (Å²) >= 11 is 0. The van der Waals surface area contributed by atoms with Crippen molar-refractivity contribution in [3.05, 3.63) is 48.5 Å². The van der Waals surface area contributed by atoms with Crippen molar-refractivity contribution in [2.24, 2.45) is 5.92 Å². The van der Waals surface area contributed by atoms with Gasteiger partial charge in [-0.15, -0.1) is 0 Å². The van der Waals surface area contributed by atoms with Crippen molar-refractivity contribution >= 4 is 22.9 Å². The maximum Gasteiger partial charge on any atom is 0.239 e. The first-order chi connectivity index (χ1) is 12.2. The molecule has 0 bridgehead atoms. The highest BCUT2D eigenvalue weighted by Crippen LogP contribution is 2.46. The highest BCUT2D eigenvalue weighted by molar-refractivity contribution is 5.86. The monoisotopic (exact) mass is 336 g/mol. The number of hydrogen-bond acceptors (Lipinski definition) is 5. The summed E-state index contributed by atoms with van der Waals surface area (Å²) in [7, 11) is 1.84. The Morgan fingerprint density at radius 2 is 2.12 bits per heavy atom. The molecule has 7 nitrogen and oxygen atoms in total. The molecule has 4 rings (SSSR count). The molecule has 2 unspecified atom stereocenters. The van der Waals surface area contributed by atoms with Gasteiger partial charge < -0.3 is 15.2 Å². The van der Waals surface area contributed by atoms with Crippen LogP contribution in [0.25, 0.3) is 11.2 Å². The lowest BCUT2D eigenvalue weighted by molar-refractivity contribution is -0.119. The Morgan fingerprint density at radius 3 is 2.96 bits per heavy atom. The first-order valence-corrected chi connectivity index (χ1v) is 8.39. The van der Waals surface area contributed by atoms with Crippen molar-refractivity contribution in [3.8, 4) is 0 Å². The molecule has 0 saturated heterocycles. The van der Waals surface area contributed by atoms with Crippen molar-refractivity contribution < 1.29 is 4.79 Å². The van der Waals surface area contributed by atoms with Gasteiger partial charge in [-0.1, -0.05) is 30.3 Å². The van der Waals surface area contributed by atoms with Crippen LogP contribution in [0.15, 0.2) is 43.0 Å². The normalized spacial score (nSPS) is 18.9. The highest BCUT2D eigenvalue weighted by Gasteiger charge is 2.38. The van der Waals surface area contributed by atoms with Crippen LogP contribution in [-0.2, 0) is 4.79 Å². The Balaban J connectivity index is 1.30. The number of carbonyl (C=O) groups excluding carboxylic acids is 1. The topological polar surface area (TPSA) is 86.8 Å². The quantitative estimate of drug-likeness (QED) is 0.715. The lowest BCUT2D eigenvalue weighted by Crippen LogP contribution is -2.36. The number of hydrogen-bond donors (Lipinski definition) is 2. The molecular weight excluding hydrogens is 316 g/mol. The second-order valence-corrected chi connectivity index (χ2v) is 6.47. The molecule has 0 aliphatic heterocycles. The Bertz CT molecular complexity index is 877. The third-order valence-corrected chi connectivity index (χ3v) is 4.66. The number of likely N-dealkylation sites (N-methyl/N-ethyl adjacent to an activating group) is 1. The van der Waals surface area contributed by atoms with Crippen molar-refractivity contribution in [1.29, 1.82) is 0 Å². The van der Waals surface area contributed by atoms with Crippen molar-refractivity contribution in [2.45, 2.75) is 12.3 Å². The van der Waals surface area contributed by atoms with Crippen molar-refractivity contribution in [3.63, 3.8) is 0 Å². The number of rotatable bonds is 6. The first kappa shape index (κ1) is 15.6. The van der Waals surface area contributed by atoms with E-state index in [0.717, 1.165) is 18.5 Å². The van der Waals surface area contributed by atoms with Gasteiger partial charge in [0.15, 0.2) is 11.5 Å². The van der Waals surface area contributed by atoms with Gasteiger partial charge in [0.1, 0.15) is 11.8 Å². The molecule has 2 aromatic heterocycles. The maximum absolute atomic E-state index is 12.3. The van der Waals surface area contributed by atoms with Gasteiger partial charge in [-0.3, -0.25) is 4.79 Å². The summed E-state index contributed by atoms with van der Waals surface area (Å²) in [4.78, 5) is 29.5. The summed E-state index contributed by atoms with van der Waals surface area (Å²) in [5.41, 5.74) is 2.70. The summed E-state index contributed by atoms with van der Waals surface area (Å²) in [5.74, 6) is 1.78. The number of benzene rings is 1. The fourth-order valence-electron chi connectivity index (χ4n) is 3.21. The molecule has 128 valence electrons. The number of nitrogens with one attached hydrogen (secondary N) is 2. The molecule has 1 fully saturated rings. The second-order valence-electron chi connectivity index (χ2n) is 6.47. The zero-order valence-corrected chi connectivity index (χ0v) is 14.0. The number of nitrogens with zero attached hydrogens (tertiary/aromatic N) is 4. The van der Waals surface area contributed by atoms with E-state index in [2.05, 4.69) is 49.5 Å². The molecule has 1 aromatic carbocycles. The third-order valence-electron chi connectivity index (χ3n) is 4.66. The summed E-state index contributed by atoms with van der Waals surface area (Å²) in [6, 6.07) is 10.5. The maximum atomic E-state index is 12.3. The molecule has 0 spiro atoms. The highest BCUT2D eigenvalue weighted by atomic mass is 16.2. The molecule has 3 aromatic rings. The summed E-state index contributed by atoms with van der Waals surface area (Å²) in [6.45, 7) is 0.962. The lowest BCUT2D eigenvalue weighted by atomic mass is 10.1. The number of anilines is 1. The van der Waals surface area contributed by atoms with E-state index in [9.17, 15) is 4.79 Å². The molecule has 2 heterocycles. The summed E-state index contributed by atoms with van der Waals surface area (Å²) in [5, 5.41) is 3.04. The van der Waals surface area contributed by atoms with Gasteiger partial charge in [-0.2, -0.15) is 0 Å². The Kier molecular flexibility index (Phi) is 4.05. The Hall–Kier alpha value is -2.96. The molecule has 1 saturated carbocycles. The fourth-order valence-corrected chi connectivity index (χ4v) is 3.21. The van der Waals surface area contributed by atoms with E-state index in [1.807, 2.05) is 13.1 Å². The molecule has 1 amide bonds. The average molecular weight is 336 g/mol. The fraction of sp³-hybridized carbons (Fsp3) is 0.333. The lowest BCUT2D eigenvalue weighted by Gasteiger charge is -2.17. The van der Waals surface area contributed by atoms with Crippen LogP contribution >= 0.6 is 0 Å². The number of carbonyl (C=O) groups is 1. The Morgan fingerprint density at radius 1 is 1.28 bits per heavy atom. The van der Waals surface area contributed by atoms with Crippen LogP contribution < -0.4 is 10.2 Å². The SMILES string of the molecule is CN(CC(=O)NCC1CC1c1ccccc1)c1ncnc2nc[nH]c12. The van der Waals surface area contributed by atoms with Gasteiger partial charge in [0, 0.05) is 13.6 Å². The van der Waals surface area contributed by atoms with Gasteiger partial charge in [0.2, 0.25) is 5.91 Å². The minimum atomic E-state index is -0.00695. The molecule has 1 aliphatic rings. The van der Waals surface area contributed by atoms with Gasteiger partial charge in [0.05, 0.1) is 12.9 Å². The standard InChI is InChI=1S/C18H20N6O/c1-24(18-16-17(21-10-20-16)22-11-23-18)9-15(25)19-8-13-7-14(13)12-5-3-2-4-6-12/h2-6,10-11,13-14H,7-9H2,1H3,(H,19,25)(H,20,21,22,23). The van der Waals surface area contributed by atoms with E-state index >= 15 is 0 Å². The molecule has 1 aliphatic carbocycles. The van der Waals surface area contributed by atoms with Gasteiger partial charge in [-0.25, -0.2) is 15.0 Å². The number of fused-ring (bicyclic) bond motifs is 1. The van der Waals surface area contributed by atoms with E-state index in [0.29, 0.717) is 23.3 Å². The van der Waals surface area contributed by atoms with Crippen molar-refractivity contribution in [1.82, 2.24) is 25.3 Å². The smallest absolute Gasteiger partial charge is 0.239 e. The van der Waals surface area contributed by atoms with Crippen LogP contribution in [0.1, 0.15) is 17.9 Å². The number of imidazole rings is 1. The first-order valence-electron chi connectivity index (χ1n) is 8.39. The van der Waals surface area contributed by atoms with E-state index < -0.39 is 0 Å². The zero-order chi connectivity index (χ0) is 17.2. The minimum Gasteiger partial charge on any atom is -0.354 e. The molecule has 2 atom stereocenters. The number of aromatic amines is 1. The predicted octanol–water partition coefficient (Wildman–Crippen LogP) is 1.71. The largest absolute Gasteiger partial charge is 0.354 e. The van der Waals surface area contributed by atoms with Gasteiger partial charge in [-0.05, 0) is 23.8 Å². The van der Waals surface area contributed by atoms with E-state index in [1.165, 1.54) is 11.9 Å². The van der Waals surface area contributed by atoms with Gasteiger partial charge in [0.25, 0.3) is 0 Å². The minimum absolute atomic E-state index is 0.00695. The molecule has 2 N–H and O–H groups in total. The van der Waals surface area contributed by atoms with Crippen molar-refractivity contribution in [2.75, 3.05) is 25.0 Å². The van der Waals surface area contributed by atoms with Crippen LogP contribution in [0.2, 0.25) is 0 Å². The number of amides is 1. The molecule has 7 heteroatoms.